The van der Waals surface area contributed by atoms with E-state index in [4.69, 9.17) is 4.74 Å². The van der Waals surface area contributed by atoms with E-state index >= 15 is 0 Å². The Hall–Kier alpha value is -2.67. The first-order valence-electron chi connectivity index (χ1n) is 10.4. The highest BCUT2D eigenvalue weighted by molar-refractivity contribution is 6.06. The number of anilines is 1. The summed E-state index contributed by atoms with van der Waals surface area (Å²) in [5.41, 5.74) is 3.55. The van der Waals surface area contributed by atoms with Gasteiger partial charge in [0.25, 0.3) is 11.8 Å². The molecule has 29 heavy (non-hydrogen) atoms. The number of carbonyl (C=O) groups is 2. The molecular weight excluding hydrogens is 368 g/mol. The van der Waals surface area contributed by atoms with Crippen LogP contribution in [0.4, 0.5) is 5.69 Å². The average Bonchev–Trinajstić information content (AvgIpc) is 3.36. The predicted molar refractivity (Wildman–Crippen MR) is 108 cm³/mol. The number of hydrogen-bond donors (Lipinski definition) is 1. The maximum Gasteiger partial charge on any atom is 0.275 e. The molecule has 1 N–H and O–H groups in total. The quantitative estimate of drug-likeness (QED) is 0.849. The molecule has 0 aliphatic carbocycles. The van der Waals surface area contributed by atoms with E-state index in [1.807, 2.05) is 36.1 Å². The summed E-state index contributed by atoms with van der Waals surface area (Å²) in [5.74, 6) is -0.108. The largest absolute Gasteiger partial charge is 0.376 e. The molecule has 152 valence electrons. The van der Waals surface area contributed by atoms with Crippen LogP contribution in [0.3, 0.4) is 0 Å². The van der Waals surface area contributed by atoms with Gasteiger partial charge in [-0.15, -0.1) is 0 Å². The van der Waals surface area contributed by atoms with E-state index < -0.39 is 5.54 Å². The average molecular weight is 394 g/mol. The van der Waals surface area contributed by atoms with Crippen molar-refractivity contribution in [2.75, 3.05) is 24.6 Å². The molecule has 1 unspecified atom stereocenters. The minimum absolute atomic E-state index is 0.0408. The number of amides is 2. The summed E-state index contributed by atoms with van der Waals surface area (Å²) in [5, 5.41) is 7.31. The predicted octanol–water partition coefficient (Wildman–Crippen LogP) is 2.59. The molecule has 5 rings (SSSR count). The standard InChI is InChI=1S/C22H26N4O3/c1-15-4-6-16(7-5-15)25-11-2-9-22(21(25)28)10-3-12-26(22)20(27)19-17-14-29-13-8-18(17)23-24-19/h4-7H,2-3,8-14H2,1H3,(H,23,24). The van der Waals surface area contributed by atoms with Gasteiger partial charge in [0.05, 0.1) is 13.2 Å². The van der Waals surface area contributed by atoms with E-state index in [1.165, 1.54) is 0 Å². The second kappa shape index (κ2) is 6.99. The first kappa shape index (κ1) is 18.4. The number of ether oxygens (including phenoxy) is 1. The fraction of sp³-hybridized carbons (Fsp3) is 0.500. The van der Waals surface area contributed by atoms with Gasteiger partial charge in [0, 0.05) is 36.5 Å². The van der Waals surface area contributed by atoms with Crippen LogP contribution < -0.4 is 4.90 Å². The molecule has 1 aromatic heterocycles. The Balaban J connectivity index is 1.47. The second-order valence-corrected chi connectivity index (χ2v) is 8.32. The summed E-state index contributed by atoms with van der Waals surface area (Å²) in [6.45, 7) is 4.36. The fourth-order valence-electron chi connectivity index (χ4n) is 5.03. The number of carbonyl (C=O) groups excluding carboxylic acids is 2. The van der Waals surface area contributed by atoms with Crippen LogP contribution in [0.1, 0.15) is 53.0 Å². The maximum atomic E-state index is 13.7. The molecule has 0 bridgehead atoms. The van der Waals surface area contributed by atoms with Crippen LogP contribution in [-0.2, 0) is 22.6 Å². The molecule has 0 saturated carbocycles. The van der Waals surface area contributed by atoms with Crippen molar-refractivity contribution in [3.8, 4) is 0 Å². The number of nitrogens with one attached hydrogen (secondary N) is 1. The summed E-state index contributed by atoms with van der Waals surface area (Å²) < 4.78 is 5.54. The number of aromatic nitrogens is 2. The minimum Gasteiger partial charge on any atom is -0.376 e. The van der Waals surface area contributed by atoms with E-state index in [0.29, 0.717) is 44.8 Å². The molecule has 2 saturated heterocycles. The third-order valence-electron chi connectivity index (χ3n) is 6.59. The van der Waals surface area contributed by atoms with Crippen LogP contribution in [0.15, 0.2) is 24.3 Å². The van der Waals surface area contributed by atoms with Gasteiger partial charge in [0.2, 0.25) is 0 Å². The van der Waals surface area contributed by atoms with E-state index in [1.54, 1.807) is 4.90 Å². The molecule has 2 amide bonds. The molecule has 7 nitrogen and oxygen atoms in total. The highest BCUT2D eigenvalue weighted by Crippen LogP contribution is 2.40. The number of piperidine rings is 1. The third-order valence-corrected chi connectivity index (χ3v) is 6.59. The summed E-state index contributed by atoms with van der Waals surface area (Å²) in [6.07, 6.45) is 3.88. The Labute approximate surface area is 170 Å². The number of likely N-dealkylation sites (tertiary alicyclic amines) is 1. The van der Waals surface area contributed by atoms with Gasteiger partial charge in [-0.3, -0.25) is 14.7 Å². The van der Waals surface area contributed by atoms with Crippen molar-refractivity contribution < 1.29 is 14.3 Å². The van der Waals surface area contributed by atoms with Gasteiger partial charge < -0.3 is 14.5 Å². The normalized spacial score (nSPS) is 24.2. The second-order valence-electron chi connectivity index (χ2n) is 8.32. The Morgan fingerprint density at radius 2 is 1.93 bits per heavy atom. The van der Waals surface area contributed by atoms with Gasteiger partial charge in [0.15, 0.2) is 5.69 Å². The molecule has 1 atom stereocenters. The number of aromatic amines is 1. The maximum absolute atomic E-state index is 13.7. The summed E-state index contributed by atoms with van der Waals surface area (Å²) in [6, 6.07) is 8.04. The van der Waals surface area contributed by atoms with Crippen LogP contribution in [0, 0.1) is 6.92 Å². The van der Waals surface area contributed by atoms with Gasteiger partial charge in [-0.2, -0.15) is 5.10 Å². The van der Waals surface area contributed by atoms with Gasteiger partial charge >= 0.3 is 0 Å². The zero-order valence-electron chi connectivity index (χ0n) is 16.7. The Morgan fingerprint density at radius 1 is 1.17 bits per heavy atom. The van der Waals surface area contributed by atoms with E-state index in [2.05, 4.69) is 10.2 Å². The first-order valence-corrected chi connectivity index (χ1v) is 10.4. The number of fused-ring (bicyclic) bond motifs is 1. The first-order chi connectivity index (χ1) is 14.1. The number of benzene rings is 1. The van der Waals surface area contributed by atoms with Crippen molar-refractivity contribution in [2.24, 2.45) is 0 Å². The molecule has 3 aliphatic rings. The van der Waals surface area contributed by atoms with Crippen LogP contribution in [0.25, 0.3) is 0 Å². The van der Waals surface area contributed by atoms with E-state index in [-0.39, 0.29) is 11.8 Å². The minimum atomic E-state index is -0.762. The van der Waals surface area contributed by atoms with E-state index in [0.717, 1.165) is 41.8 Å². The molecule has 7 heteroatoms. The molecule has 2 aromatic rings. The Morgan fingerprint density at radius 3 is 2.72 bits per heavy atom. The van der Waals surface area contributed by atoms with Gasteiger partial charge in [-0.1, -0.05) is 17.7 Å². The molecule has 3 aliphatic heterocycles. The number of nitrogens with zero attached hydrogens (tertiary/aromatic N) is 3. The smallest absolute Gasteiger partial charge is 0.275 e. The number of hydrogen-bond acceptors (Lipinski definition) is 4. The monoisotopic (exact) mass is 394 g/mol. The van der Waals surface area contributed by atoms with E-state index in [9.17, 15) is 9.59 Å². The molecule has 1 aromatic carbocycles. The van der Waals surface area contributed by atoms with Crippen molar-refractivity contribution in [1.29, 1.82) is 0 Å². The van der Waals surface area contributed by atoms with Gasteiger partial charge in [-0.25, -0.2) is 0 Å². The van der Waals surface area contributed by atoms with Crippen LogP contribution in [-0.4, -0.2) is 52.1 Å². The zero-order valence-corrected chi connectivity index (χ0v) is 16.7. The van der Waals surface area contributed by atoms with Crippen molar-refractivity contribution in [3.05, 3.63) is 46.8 Å². The summed E-state index contributed by atoms with van der Waals surface area (Å²) in [7, 11) is 0. The zero-order chi connectivity index (χ0) is 20.0. The number of rotatable bonds is 2. The van der Waals surface area contributed by atoms with Crippen molar-refractivity contribution in [3.63, 3.8) is 0 Å². The third kappa shape index (κ3) is 2.87. The highest BCUT2D eigenvalue weighted by atomic mass is 16.5. The van der Waals surface area contributed by atoms with Crippen molar-refractivity contribution in [1.82, 2.24) is 15.1 Å². The SMILES string of the molecule is Cc1ccc(N2CCCC3(CCCN3C(=O)c3n[nH]c4c3COCC4)C2=O)cc1. The lowest BCUT2D eigenvalue weighted by Gasteiger charge is -2.44. The number of H-pyrrole nitrogens is 1. The lowest BCUT2D eigenvalue weighted by molar-refractivity contribution is -0.130. The highest BCUT2D eigenvalue weighted by Gasteiger charge is 2.53. The Kier molecular flexibility index (Phi) is 4.42. The van der Waals surface area contributed by atoms with Crippen LogP contribution in [0.2, 0.25) is 0 Å². The van der Waals surface area contributed by atoms with Gasteiger partial charge in [0.1, 0.15) is 5.54 Å². The molecule has 2 fully saturated rings. The van der Waals surface area contributed by atoms with Crippen molar-refractivity contribution >= 4 is 17.5 Å². The fourth-order valence-corrected chi connectivity index (χ4v) is 5.03. The van der Waals surface area contributed by atoms with Crippen LogP contribution >= 0.6 is 0 Å². The lowest BCUT2D eigenvalue weighted by atomic mass is 9.84. The summed E-state index contributed by atoms with van der Waals surface area (Å²) >= 11 is 0. The molecular formula is C22H26N4O3. The summed E-state index contributed by atoms with van der Waals surface area (Å²) in [4.78, 5) is 30.8. The molecule has 4 heterocycles. The molecule has 0 radical (unpaired) electrons. The van der Waals surface area contributed by atoms with Gasteiger partial charge in [-0.05, 0) is 44.7 Å². The van der Waals surface area contributed by atoms with Crippen molar-refractivity contribution in [2.45, 2.75) is 51.2 Å². The number of aryl methyl sites for hydroxylation is 1. The molecule has 1 spiro atoms. The lowest BCUT2D eigenvalue weighted by Crippen LogP contribution is -2.61. The van der Waals surface area contributed by atoms with Crippen LogP contribution in [0.5, 0.6) is 0 Å². The topological polar surface area (TPSA) is 78.5 Å². The Bertz CT molecular complexity index is 951.